The van der Waals surface area contributed by atoms with E-state index in [9.17, 15) is 14.7 Å². The molecule has 0 radical (unpaired) electrons. The number of carboxylic acid groups (broad SMARTS) is 1. The number of hydrogen-bond acceptors (Lipinski definition) is 5. The van der Waals surface area contributed by atoms with E-state index < -0.39 is 17.9 Å². The predicted molar refractivity (Wildman–Crippen MR) is 70.3 cm³/mol. The number of aliphatic carboxylic acids is 1. The van der Waals surface area contributed by atoms with E-state index >= 15 is 0 Å². The van der Waals surface area contributed by atoms with E-state index in [2.05, 4.69) is 15.5 Å². The zero-order valence-corrected chi connectivity index (χ0v) is 11.0. The average Bonchev–Trinajstić information content (AvgIpc) is 2.52. The molecule has 0 aromatic carbocycles. The Morgan fingerprint density at radius 1 is 1.53 bits per heavy atom. The van der Waals surface area contributed by atoms with Gasteiger partial charge in [-0.05, 0) is 19.3 Å². The molecular formula is C12H17N3O4. The molecule has 104 valence electrons. The molecule has 19 heavy (non-hydrogen) atoms. The zero-order valence-electron chi connectivity index (χ0n) is 11.0. The van der Waals surface area contributed by atoms with E-state index in [4.69, 9.17) is 5.11 Å². The summed E-state index contributed by atoms with van der Waals surface area (Å²) in [6.07, 6.45) is 1.23. The molecular weight excluding hydrogens is 250 g/mol. The summed E-state index contributed by atoms with van der Waals surface area (Å²) in [7, 11) is 0. The zero-order chi connectivity index (χ0) is 14.6. The van der Waals surface area contributed by atoms with Crippen molar-refractivity contribution >= 4 is 23.8 Å². The van der Waals surface area contributed by atoms with Crippen LogP contribution in [0.25, 0.3) is 0 Å². The molecule has 7 nitrogen and oxygen atoms in total. The third-order valence-corrected chi connectivity index (χ3v) is 2.56. The number of nitrogens with one attached hydrogen (secondary N) is 1. The Kier molecular flexibility index (Phi) is 4.80. The third-order valence-electron chi connectivity index (χ3n) is 2.56. The summed E-state index contributed by atoms with van der Waals surface area (Å²) in [5.41, 5.74) is 0.243. The first-order valence-corrected chi connectivity index (χ1v) is 5.87. The Morgan fingerprint density at radius 3 is 2.68 bits per heavy atom. The van der Waals surface area contributed by atoms with Crippen molar-refractivity contribution in [3.8, 4) is 0 Å². The molecule has 0 aliphatic carbocycles. The van der Waals surface area contributed by atoms with Crippen molar-refractivity contribution in [2.45, 2.75) is 33.2 Å². The van der Waals surface area contributed by atoms with E-state index in [1.54, 1.807) is 0 Å². The maximum atomic E-state index is 11.7. The van der Waals surface area contributed by atoms with Crippen LogP contribution in [0.2, 0.25) is 0 Å². The van der Waals surface area contributed by atoms with E-state index in [1.165, 1.54) is 6.92 Å². The van der Waals surface area contributed by atoms with Crippen molar-refractivity contribution in [2.75, 3.05) is 0 Å². The van der Waals surface area contributed by atoms with Crippen LogP contribution < -0.4 is 5.32 Å². The Labute approximate surface area is 110 Å². The number of rotatable bonds is 5. The van der Waals surface area contributed by atoms with Crippen LogP contribution in [-0.4, -0.2) is 40.1 Å². The van der Waals surface area contributed by atoms with E-state index in [1.807, 2.05) is 13.8 Å². The average molecular weight is 267 g/mol. The van der Waals surface area contributed by atoms with Gasteiger partial charge in [0, 0.05) is 0 Å². The number of nitrogens with zero attached hydrogens (tertiary/aromatic N) is 2. The Bertz CT molecular complexity index is 477. The number of carbonyl (C=O) groups is 2. The number of aliphatic hydroxyl groups excluding tert-OH is 1. The molecule has 0 aromatic heterocycles. The summed E-state index contributed by atoms with van der Waals surface area (Å²) < 4.78 is 0. The topological polar surface area (TPSA) is 111 Å². The molecule has 1 amide bonds. The predicted octanol–water partition coefficient (Wildman–Crippen LogP) is 0.874. The molecule has 7 heteroatoms. The normalized spacial score (nSPS) is 20.5. The van der Waals surface area contributed by atoms with Gasteiger partial charge in [-0.15, -0.1) is 0 Å². The Hall–Kier alpha value is -2.18. The van der Waals surface area contributed by atoms with E-state index in [-0.39, 0.29) is 17.0 Å². The molecule has 1 aliphatic heterocycles. The summed E-state index contributed by atoms with van der Waals surface area (Å²) in [6.45, 7) is 5.45. The molecule has 1 aliphatic rings. The smallest absolute Gasteiger partial charge is 0.348 e. The van der Waals surface area contributed by atoms with Crippen LogP contribution in [0, 0.1) is 5.92 Å². The second kappa shape index (κ2) is 6.12. The summed E-state index contributed by atoms with van der Waals surface area (Å²) in [5.74, 6) is -1.40. The molecule has 1 rings (SSSR count). The number of carbonyl (C=O) groups excluding carboxylic acids is 1. The van der Waals surface area contributed by atoms with Gasteiger partial charge in [0.25, 0.3) is 5.91 Å². The summed E-state index contributed by atoms with van der Waals surface area (Å²) in [4.78, 5) is 22.0. The first-order valence-electron chi connectivity index (χ1n) is 5.87. The highest BCUT2D eigenvalue weighted by Crippen LogP contribution is 2.21. The first-order chi connectivity index (χ1) is 8.82. The minimum absolute atomic E-state index is 0.0631. The largest absolute Gasteiger partial charge is 0.509 e. The summed E-state index contributed by atoms with van der Waals surface area (Å²) >= 11 is 0. The summed E-state index contributed by atoms with van der Waals surface area (Å²) in [5, 5.41) is 27.9. The summed E-state index contributed by atoms with van der Waals surface area (Å²) in [6, 6.07) is -0.420. The van der Waals surface area contributed by atoms with Crippen molar-refractivity contribution in [3.05, 3.63) is 11.3 Å². The highest BCUT2D eigenvalue weighted by Gasteiger charge is 2.33. The maximum Gasteiger partial charge on any atom is 0.348 e. The van der Waals surface area contributed by atoms with Gasteiger partial charge >= 0.3 is 5.97 Å². The van der Waals surface area contributed by atoms with Crippen LogP contribution in [0.3, 0.4) is 0 Å². The van der Waals surface area contributed by atoms with Gasteiger partial charge < -0.3 is 15.5 Å². The van der Waals surface area contributed by atoms with Crippen LogP contribution in [0.4, 0.5) is 0 Å². The van der Waals surface area contributed by atoms with E-state index in [0.29, 0.717) is 18.6 Å². The molecule has 0 aromatic rings. The second-order valence-corrected chi connectivity index (χ2v) is 4.68. The molecule has 1 unspecified atom stereocenters. The van der Waals surface area contributed by atoms with Gasteiger partial charge in [0.15, 0.2) is 0 Å². The van der Waals surface area contributed by atoms with Gasteiger partial charge in [0.1, 0.15) is 17.5 Å². The van der Waals surface area contributed by atoms with Crippen LogP contribution >= 0.6 is 0 Å². The lowest BCUT2D eigenvalue weighted by atomic mass is 10.0. The monoisotopic (exact) mass is 267 g/mol. The standard InChI is InChI=1S/C12H17N3O4/c1-6(2)4-8-11(18)10(12(19)14-8)7(3)15-13-5-9(16)17/h5-6,8,18H,4H2,1-3H3,(H,14,19)(H,16,17)/b13-5-,15-7-. The minimum atomic E-state index is -1.23. The second-order valence-electron chi connectivity index (χ2n) is 4.68. The SMILES string of the molecule is C/C(=N/N=C\C(=O)O)C1=C(O)C(CC(C)C)NC1=O. The Balaban J connectivity index is 2.93. The van der Waals surface area contributed by atoms with E-state index in [0.717, 1.165) is 0 Å². The van der Waals surface area contributed by atoms with Gasteiger partial charge in [-0.3, -0.25) is 4.79 Å². The fourth-order valence-electron chi connectivity index (χ4n) is 1.80. The molecule has 1 heterocycles. The van der Waals surface area contributed by atoms with Gasteiger partial charge in [-0.1, -0.05) is 13.8 Å². The number of amides is 1. The number of carboxylic acids is 1. The lowest BCUT2D eigenvalue weighted by Gasteiger charge is -2.12. The van der Waals surface area contributed by atoms with Gasteiger partial charge in [0.05, 0.1) is 11.8 Å². The Morgan fingerprint density at radius 2 is 2.16 bits per heavy atom. The van der Waals surface area contributed by atoms with Crippen molar-refractivity contribution in [1.29, 1.82) is 0 Å². The minimum Gasteiger partial charge on any atom is -0.509 e. The van der Waals surface area contributed by atoms with Crippen LogP contribution in [0.5, 0.6) is 0 Å². The van der Waals surface area contributed by atoms with Gasteiger partial charge in [0.2, 0.25) is 0 Å². The molecule has 1 atom stereocenters. The molecule has 0 spiro atoms. The first kappa shape index (κ1) is 14.9. The highest BCUT2D eigenvalue weighted by molar-refractivity contribution is 6.24. The molecule has 3 N–H and O–H groups in total. The third kappa shape index (κ3) is 3.90. The van der Waals surface area contributed by atoms with Gasteiger partial charge in [-0.25, -0.2) is 4.79 Å². The van der Waals surface area contributed by atoms with Crippen molar-refractivity contribution in [1.82, 2.24) is 5.32 Å². The number of hydrogen-bond donors (Lipinski definition) is 3. The van der Waals surface area contributed by atoms with Crippen molar-refractivity contribution in [3.63, 3.8) is 0 Å². The van der Waals surface area contributed by atoms with Crippen LogP contribution in [0.1, 0.15) is 27.2 Å². The van der Waals surface area contributed by atoms with Gasteiger partial charge in [-0.2, -0.15) is 10.2 Å². The van der Waals surface area contributed by atoms with Crippen LogP contribution in [-0.2, 0) is 9.59 Å². The lowest BCUT2D eigenvalue weighted by Crippen LogP contribution is -2.30. The molecule has 0 bridgehead atoms. The number of aliphatic hydroxyl groups is 1. The van der Waals surface area contributed by atoms with Crippen LogP contribution in [0.15, 0.2) is 21.5 Å². The lowest BCUT2D eigenvalue weighted by molar-refractivity contribution is -0.128. The fourth-order valence-corrected chi connectivity index (χ4v) is 1.80. The highest BCUT2D eigenvalue weighted by atomic mass is 16.4. The molecule has 0 fully saturated rings. The van der Waals surface area contributed by atoms with Crippen molar-refractivity contribution in [2.24, 2.45) is 16.1 Å². The quantitative estimate of drug-likeness (QED) is 0.507. The van der Waals surface area contributed by atoms with Crippen molar-refractivity contribution < 1.29 is 19.8 Å². The molecule has 0 saturated heterocycles. The fraction of sp³-hybridized carbons (Fsp3) is 0.500. The molecule has 0 saturated carbocycles. The maximum absolute atomic E-state index is 11.7.